The molecular weight excluding hydrogens is 262 g/mol. The fourth-order valence-corrected chi connectivity index (χ4v) is 1.97. The van der Waals surface area contributed by atoms with Crippen molar-refractivity contribution in [3.05, 3.63) is 27.9 Å². The van der Waals surface area contributed by atoms with E-state index in [1.807, 2.05) is 13.8 Å². The molecule has 0 aliphatic carbocycles. The fourth-order valence-electron chi connectivity index (χ4n) is 1.97. The molecule has 0 saturated heterocycles. The zero-order valence-electron chi connectivity index (χ0n) is 11.8. The predicted octanol–water partition coefficient (Wildman–Crippen LogP) is 2.60. The number of nitrogens with one attached hydrogen (secondary N) is 1. The predicted molar refractivity (Wildman–Crippen MR) is 74.8 cm³/mol. The van der Waals surface area contributed by atoms with E-state index in [1.54, 1.807) is 13.0 Å². The van der Waals surface area contributed by atoms with Crippen molar-refractivity contribution < 1.29 is 14.8 Å². The average molecular weight is 281 g/mol. The van der Waals surface area contributed by atoms with Crippen LogP contribution in [0.5, 0.6) is 0 Å². The minimum absolute atomic E-state index is 0.0500. The van der Waals surface area contributed by atoms with Crippen LogP contribution in [-0.2, 0) is 4.79 Å². The maximum Gasteiger partial charge on any atom is 0.311 e. The maximum absolute atomic E-state index is 11.4. The number of carboxylic acid groups (broad SMARTS) is 1. The smallest absolute Gasteiger partial charge is 0.311 e. The minimum Gasteiger partial charge on any atom is -0.481 e. The molecule has 0 saturated carbocycles. The SMILES string of the molecule is CCC(CC)(CNc1cc(C)c([N+](=O)[O-])cn1)C(=O)O. The Kier molecular flexibility index (Phi) is 5.01. The van der Waals surface area contributed by atoms with Crippen molar-refractivity contribution in [1.29, 1.82) is 0 Å². The number of hydrogen-bond acceptors (Lipinski definition) is 5. The maximum atomic E-state index is 11.4. The number of aliphatic carboxylic acids is 1. The molecule has 2 N–H and O–H groups in total. The van der Waals surface area contributed by atoms with Gasteiger partial charge in [0.25, 0.3) is 5.69 Å². The molecule has 1 aromatic heterocycles. The molecular formula is C13H19N3O4. The van der Waals surface area contributed by atoms with Crippen LogP contribution in [-0.4, -0.2) is 27.5 Å². The number of aryl methyl sites for hydroxylation is 1. The van der Waals surface area contributed by atoms with Crippen LogP contribution in [0, 0.1) is 22.5 Å². The lowest BCUT2D eigenvalue weighted by atomic mass is 9.82. The number of anilines is 1. The van der Waals surface area contributed by atoms with Crippen molar-refractivity contribution in [2.24, 2.45) is 5.41 Å². The molecule has 1 rings (SSSR count). The highest BCUT2D eigenvalue weighted by molar-refractivity contribution is 5.75. The summed E-state index contributed by atoms with van der Waals surface area (Å²) in [4.78, 5) is 25.5. The molecule has 0 aliphatic rings. The number of nitrogens with zero attached hydrogens (tertiary/aromatic N) is 2. The van der Waals surface area contributed by atoms with Gasteiger partial charge in [-0.25, -0.2) is 4.98 Å². The first-order chi connectivity index (χ1) is 9.36. The topological polar surface area (TPSA) is 105 Å². The number of carbonyl (C=O) groups is 1. The van der Waals surface area contributed by atoms with Crippen molar-refractivity contribution in [3.8, 4) is 0 Å². The molecule has 110 valence electrons. The van der Waals surface area contributed by atoms with Crippen LogP contribution in [0.4, 0.5) is 11.5 Å². The van der Waals surface area contributed by atoms with Crippen molar-refractivity contribution in [1.82, 2.24) is 4.98 Å². The molecule has 7 nitrogen and oxygen atoms in total. The molecule has 1 aromatic rings. The number of pyridine rings is 1. The van der Waals surface area contributed by atoms with E-state index in [1.165, 1.54) is 6.20 Å². The van der Waals surface area contributed by atoms with Gasteiger partial charge in [0.2, 0.25) is 0 Å². The normalized spacial score (nSPS) is 11.2. The monoisotopic (exact) mass is 281 g/mol. The molecule has 0 unspecified atom stereocenters. The van der Waals surface area contributed by atoms with Gasteiger partial charge in [-0.15, -0.1) is 0 Å². The fraction of sp³-hybridized carbons (Fsp3) is 0.538. The van der Waals surface area contributed by atoms with E-state index >= 15 is 0 Å². The third-order valence-electron chi connectivity index (χ3n) is 3.69. The van der Waals surface area contributed by atoms with Gasteiger partial charge in [-0.3, -0.25) is 14.9 Å². The molecule has 0 spiro atoms. The molecule has 1 heterocycles. The van der Waals surface area contributed by atoms with Crippen molar-refractivity contribution in [2.45, 2.75) is 33.6 Å². The van der Waals surface area contributed by atoms with Gasteiger partial charge in [-0.1, -0.05) is 13.8 Å². The summed E-state index contributed by atoms with van der Waals surface area (Å²) in [5, 5.41) is 23.0. The number of rotatable bonds is 7. The summed E-state index contributed by atoms with van der Waals surface area (Å²) in [7, 11) is 0. The third kappa shape index (κ3) is 3.23. The summed E-state index contributed by atoms with van der Waals surface area (Å²) in [6.07, 6.45) is 2.17. The van der Waals surface area contributed by atoms with Gasteiger partial charge < -0.3 is 10.4 Å². The van der Waals surface area contributed by atoms with Crippen LogP contribution in [0.3, 0.4) is 0 Å². The highest BCUT2D eigenvalue weighted by Crippen LogP contribution is 2.27. The van der Waals surface area contributed by atoms with Crippen molar-refractivity contribution in [3.63, 3.8) is 0 Å². The molecule has 0 bridgehead atoms. The Morgan fingerprint density at radius 1 is 1.50 bits per heavy atom. The summed E-state index contributed by atoms with van der Waals surface area (Å²) in [5.74, 6) is -0.408. The Hall–Kier alpha value is -2.18. The second kappa shape index (κ2) is 6.31. The lowest BCUT2D eigenvalue weighted by Gasteiger charge is -2.27. The van der Waals surface area contributed by atoms with Gasteiger partial charge in [0.15, 0.2) is 0 Å². The standard InChI is InChI=1S/C13H19N3O4/c1-4-13(5-2,12(17)18)8-15-11-6-9(3)10(7-14-11)16(19)20/h6-7H,4-5,8H2,1-3H3,(H,14,15)(H,17,18). The minimum atomic E-state index is -0.853. The van der Waals surface area contributed by atoms with E-state index in [0.29, 0.717) is 24.2 Å². The number of carboxylic acids is 1. The Labute approximate surface area is 117 Å². The number of aromatic nitrogens is 1. The van der Waals surface area contributed by atoms with E-state index in [-0.39, 0.29) is 12.2 Å². The summed E-state index contributed by atoms with van der Waals surface area (Å²) in [5.41, 5.74) is -0.412. The third-order valence-corrected chi connectivity index (χ3v) is 3.69. The van der Waals surface area contributed by atoms with E-state index in [9.17, 15) is 20.0 Å². The van der Waals surface area contributed by atoms with Crippen LogP contribution in [0.15, 0.2) is 12.3 Å². The Bertz CT molecular complexity index is 512. The summed E-state index contributed by atoms with van der Waals surface area (Å²) < 4.78 is 0. The van der Waals surface area contributed by atoms with Crippen molar-refractivity contribution >= 4 is 17.5 Å². The van der Waals surface area contributed by atoms with E-state index in [4.69, 9.17) is 0 Å². The first-order valence-corrected chi connectivity index (χ1v) is 6.44. The van der Waals surface area contributed by atoms with Crippen LogP contribution < -0.4 is 5.32 Å². The summed E-state index contributed by atoms with van der Waals surface area (Å²) in [6, 6.07) is 1.55. The van der Waals surface area contributed by atoms with E-state index in [2.05, 4.69) is 10.3 Å². The largest absolute Gasteiger partial charge is 0.481 e. The van der Waals surface area contributed by atoms with Gasteiger partial charge in [0.1, 0.15) is 12.0 Å². The highest BCUT2D eigenvalue weighted by Gasteiger charge is 2.34. The molecule has 0 atom stereocenters. The first-order valence-electron chi connectivity index (χ1n) is 6.44. The summed E-state index contributed by atoms with van der Waals surface area (Å²) in [6.45, 7) is 5.51. The molecule has 0 radical (unpaired) electrons. The zero-order valence-corrected chi connectivity index (χ0v) is 11.8. The van der Waals surface area contributed by atoms with Gasteiger partial charge in [0.05, 0.1) is 10.3 Å². The van der Waals surface area contributed by atoms with Crippen LogP contribution in [0.1, 0.15) is 32.3 Å². The number of nitro groups is 1. The second-order valence-electron chi connectivity index (χ2n) is 4.76. The van der Waals surface area contributed by atoms with Crippen LogP contribution in [0.25, 0.3) is 0 Å². The molecule has 7 heteroatoms. The Morgan fingerprint density at radius 3 is 2.50 bits per heavy atom. The number of hydrogen-bond donors (Lipinski definition) is 2. The average Bonchev–Trinajstić information content (AvgIpc) is 2.39. The van der Waals surface area contributed by atoms with Crippen LogP contribution in [0.2, 0.25) is 0 Å². The van der Waals surface area contributed by atoms with Crippen LogP contribution >= 0.6 is 0 Å². The second-order valence-corrected chi connectivity index (χ2v) is 4.76. The lowest BCUT2D eigenvalue weighted by molar-refractivity contribution is -0.385. The molecule has 0 fully saturated rings. The van der Waals surface area contributed by atoms with Gasteiger partial charge in [0, 0.05) is 12.1 Å². The highest BCUT2D eigenvalue weighted by atomic mass is 16.6. The zero-order chi connectivity index (χ0) is 15.3. The summed E-state index contributed by atoms with van der Waals surface area (Å²) >= 11 is 0. The molecule has 20 heavy (non-hydrogen) atoms. The van der Waals surface area contributed by atoms with Gasteiger partial charge in [-0.2, -0.15) is 0 Å². The van der Waals surface area contributed by atoms with E-state index < -0.39 is 16.3 Å². The Morgan fingerprint density at radius 2 is 2.10 bits per heavy atom. The molecule has 0 aromatic carbocycles. The Balaban J connectivity index is 2.87. The van der Waals surface area contributed by atoms with Crippen molar-refractivity contribution in [2.75, 3.05) is 11.9 Å². The lowest BCUT2D eigenvalue weighted by Crippen LogP contribution is -2.37. The molecule has 0 aliphatic heterocycles. The van der Waals surface area contributed by atoms with Gasteiger partial charge in [-0.05, 0) is 25.8 Å². The molecule has 0 amide bonds. The first kappa shape index (κ1) is 15.9. The quantitative estimate of drug-likeness (QED) is 0.588. The van der Waals surface area contributed by atoms with Gasteiger partial charge >= 0.3 is 5.97 Å². The van der Waals surface area contributed by atoms with E-state index in [0.717, 1.165) is 0 Å².